The van der Waals surface area contributed by atoms with Crippen molar-refractivity contribution in [1.82, 2.24) is 10.2 Å². The van der Waals surface area contributed by atoms with Crippen molar-refractivity contribution in [1.29, 1.82) is 0 Å². The van der Waals surface area contributed by atoms with Crippen LogP contribution in [0.1, 0.15) is 32.4 Å². The zero-order valence-corrected chi connectivity index (χ0v) is 12.9. The topological polar surface area (TPSA) is 24.5 Å². The zero-order valence-electron chi connectivity index (χ0n) is 12.9. The minimum atomic E-state index is -0.556. The van der Waals surface area contributed by atoms with E-state index in [1.165, 1.54) is 12.1 Å². The maximum atomic E-state index is 14.1. The van der Waals surface area contributed by atoms with Gasteiger partial charge in [0.1, 0.15) is 11.6 Å². The van der Waals surface area contributed by atoms with Gasteiger partial charge in [0.25, 0.3) is 0 Å². The molecule has 1 saturated heterocycles. The molecule has 0 saturated carbocycles. The normalized spacial score (nSPS) is 21.7. The van der Waals surface area contributed by atoms with Crippen molar-refractivity contribution >= 4 is 0 Å². The summed E-state index contributed by atoms with van der Waals surface area (Å²) in [5.74, 6) is -1.08. The number of halogens is 2. The predicted octanol–water partition coefficient (Wildman–Crippen LogP) is 2.72. The van der Waals surface area contributed by atoms with Crippen LogP contribution in [0.25, 0.3) is 0 Å². The Kier molecular flexibility index (Phi) is 5.67. The van der Waals surface area contributed by atoms with E-state index in [9.17, 15) is 8.78 Å². The second-order valence-electron chi connectivity index (χ2n) is 5.70. The minimum Gasteiger partial charge on any atom is -0.374 e. The fourth-order valence-electron chi connectivity index (χ4n) is 2.78. The van der Waals surface area contributed by atoms with Gasteiger partial charge >= 0.3 is 0 Å². The average Bonchev–Trinajstić information content (AvgIpc) is 2.45. The number of benzene rings is 1. The van der Waals surface area contributed by atoms with Crippen LogP contribution in [0.5, 0.6) is 0 Å². The van der Waals surface area contributed by atoms with Crippen LogP contribution in [0, 0.1) is 11.6 Å². The first-order chi connectivity index (χ1) is 10.0. The van der Waals surface area contributed by atoms with Crippen molar-refractivity contribution in [2.24, 2.45) is 0 Å². The molecule has 118 valence electrons. The van der Waals surface area contributed by atoms with E-state index < -0.39 is 11.6 Å². The molecule has 0 aliphatic carbocycles. The van der Waals surface area contributed by atoms with Crippen molar-refractivity contribution in [3.63, 3.8) is 0 Å². The van der Waals surface area contributed by atoms with Gasteiger partial charge in [-0.05, 0) is 26.5 Å². The van der Waals surface area contributed by atoms with Crippen molar-refractivity contribution in [3.05, 3.63) is 35.4 Å². The molecular formula is C16H24F2N2O. The van der Waals surface area contributed by atoms with Crippen LogP contribution in [-0.4, -0.2) is 43.3 Å². The van der Waals surface area contributed by atoms with E-state index in [0.717, 1.165) is 19.2 Å². The van der Waals surface area contributed by atoms with Gasteiger partial charge in [-0.15, -0.1) is 0 Å². The van der Waals surface area contributed by atoms with Gasteiger partial charge in [-0.2, -0.15) is 0 Å². The van der Waals surface area contributed by atoms with Crippen molar-refractivity contribution in [2.75, 3.05) is 26.2 Å². The molecule has 0 spiro atoms. The molecule has 0 amide bonds. The molecule has 1 N–H and O–H groups in total. The van der Waals surface area contributed by atoms with Gasteiger partial charge in [0.05, 0.1) is 18.8 Å². The summed E-state index contributed by atoms with van der Waals surface area (Å²) in [4.78, 5) is 2.32. The highest BCUT2D eigenvalue weighted by atomic mass is 19.1. The standard InChI is InChI=1S/C16H24F2N2O/c1-4-19-16(13-6-5-12(17)9-14(13)18)15-10-20(11(2)3)7-8-21-15/h5-6,9,11,15-16,19H,4,7-8,10H2,1-3H3. The summed E-state index contributed by atoms with van der Waals surface area (Å²) in [7, 11) is 0. The lowest BCUT2D eigenvalue weighted by Gasteiger charge is -2.39. The lowest BCUT2D eigenvalue weighted by Crippen LogP contribution is -2.50. The minimum absolute atomic E-state index is 0.138. The molecule has 0 radical (unpaired) electrons. The van der Waals surface area contributed by atoms with Crippen LogP contribution in [0.4, 0.5) is 8.78 Å². The van der Waals surface area contributed by atoms with Gasteiger partial charge in [0.15, 0.2) is 0 Å². The second-order valence-corrected chi connectivity index (χ2v) is 5.70. The van der Waals surface area contributed by atoms with E-state index in [-0.39, 0.29) is 12.1 Å². The van der Waals surface area contributed by atoms with Crippen LogP contribution in [0.3, 0.4) is 0 Å². The zero-order chi connectivity index (χ0) is 15.4. The number of ether oxygens (including phenoxy) is 1. The van der Waals surface area contributed by atoms with Gasteiger partial charge < -0.3 is 10.1 Å². The van der Waals surface area contributed by atoms with E-state index in [1.54, 1.807) is 0 Å². The predicted molar refractivity (Wildman–Crippen MR) is 79.2 cm³/mol. The molecule has 0 bridgehead atoms. The first kappa shape index (κ1) is 16.3. The van der Waals surface area contributed by atoms with Gasteiger partial charge in [0.2, 0.25) is 0 Å². The maximum absolute atomic E-state index is 14.1. The molecule has 2 unspecified atom stereocenters. The van der Waals surface area contributed by atoms with Crippen molar-refractivity contribution < 1.29 is 13.5 Å². The van der Waals surface area contributed by atoms with Crippen molar-refractivity contribution in [3.8, 4) is 0 Å². The number of nitrogens with zero attached hydrogens (tertiary/aromatic N) is 1. The summed E-state index contributed by atoms with van der Waals surface area (Å²) in [5, 5.41) is 3.27. The molecule has 2 rings (SSSR count). The Labute approximate surface area is 125 Å². The lowest BCUT2D eigenvalue weighted by atomic mass is 9.98. The molecule has 5 heteroatoms. The monoisotopic (exact) mass is 298 g/mol. The summed E-state index contributed by atoms with van der Waals surface area (Å²) in [6, 6.07) is 3.90. The molecule has 3 nitrogen and oxygen atoms in total. The van der Waals surface area contributed by atoms with E-state index in [1.807, 2.05) is 6.92 Å². The molecule has 1 aromatic carbocycles. The van der Waals surface area contributed by atoms with E-state index in [0.29, 0.717) is 24.8 Å². The Morgan fingerprint density at radius 1 is 1.38 bits per heavy atom. The third kappa shape index (κ3) is 3.99. The van der Waals surface area contributed by atoms with E-state index in [4.69, 9.17) is 4.74 Å². The Balaban J connectivity index is 2.21. The summed E-state index contributed by atoms with van der Waals surface area (Å²) >= 11 is 0. The number of hydrogen-bond acceptors (Lipinski definition) is 3. The van der Waals surface area contributed by atoms with E-state index >= 15 is 0 Å². The molecule has 1 aromatic rings. The summed E-state index contributed by atoms with van der Waals surface area (Å²) in [5.41, 5.74) is 0.467. The van der Waals surface area contributed by atoms with Crippen molar-refractivity contribution in [2.45, 2.75) is 39.0 Å². The van der Waals surface area contributed by atoms with Gasteiger partial charge in [0, 0.05) is 30.8 Å². The molecule has 0 aromatic heterocycles. The molecule has 2 atom stereocenters. The van der Waals surface area contributed by atoms with Crippen LogP contribution in [-0.2, 0) is 4.74 Å². The molecule has 1 aliphatic rings. The maximum Gasteiger partial charge on any atom is 0.130 e. The molecular weight excluding hydrogens is 274 g/mol. The number of rotatable bonds is 5. The van der Waals surface area contributed by atoms with Gasteiger partial charge in [-0.3, -0.25) is 4.90 Å². The summed E-state index contributed by atoms with van der Waals surface area (Å²) < 4.78 is 33.0. The largest absolute Gasteiger partial charge is 0.374 e. The molecule has 1 aliphatic heterocycles. The van der Waals surface area contributed by atoms with Crippen LogP contribution in [0.15, 0.2) is 18.2 Å². The smallest absolute Gasteiger partial charge is 0.130 e. The first-order valence-corrected chi connectivity index (χ1v) is 7.57. The number of nitrogens with one attached hydrogen (secondary N) is 1. The highest BCUT2D eigenvalue weighted by Gasteiger charge is 2.31. The fraction of sp³-hybridized carbons (Fsp3) is 0.625. The number of likely N-dealkylation sites (N-methyl/N-ethyl adjacent to an activating group) is 1. The second kappa shape index (κ2) is 7.29. The molecule has 21 heavy (non-hydrogen) atoms. The Morgan fingerprint density at radius 3 is 2.76 bits per heavy atom. The number of hydrogen-bond donors (Lipinski definition) is 1. The first-order valence-electron chi connectivity index (χ1n) is 7.57. The van der Waals surface area contributed by atoms with Crippen LogP contribution in [0.2, 0.25) is 0 Å². The molecule has 1 heterocycles. The van der Waals surface area contributed by atoms with Gasteiger partial charge in [-0.25, -0.2) is 8.78 Å². The highest BCUT2D eigenvalue weighted by molar-refractivity contribution is 5.23. The fourth-order valence-corrected chi connectivity index (χ4v) is 2.78. The highest BCUT2D eigenvalue weighted by Crippen LogP contribution is 2.26. The quantitative estimate of drug-likeness (QED) is 0.904. The third-order valence-electron chi connectivity index (χ3n) is 3.95. The van der Waals surface area contributed by atoms with Crippen LogP contribution >= 0.6 is 0 Å². The SMILES string of the molecule is CCNC(c1ccc(F)cc1F)C1CN(C(C)C)CCO1. The third-order valence-corrected chi connectivity index (χ3v) is 3.95. The Bertz CT molecular complexity index is 468. The summed E-state index contributed by atoms with van der Waals surface area (Å²) in [6.07, 6.45) is -0.138. The Morgan fingerprint density at radius 2 is 2.14 bits per heavy atom. The lowest BCUT2D eigenvalue weighted by molar-refractivity contribution is -0.0563. The van der Waals surface area contributed by atoms with Gasteiger partial charge in [-0.1, -0.05) is 13.0 Å². The molecule has 1 fully saturated rings. The van der Waals surface area contributed by atoms with E-state index in [2.05, 4.69) is 24.1 Å². The van der Waals surface area contributed by atoms with Crippen LogP contribution < -0.4 is 5.32 Å². The number of morpholine rings is 1. The Hall–Kier alpha value is -1.04. The summed E-state index contributed by atoms with van der Waals surface area (Å²) in [6.45, 7) is 9.21. The average molecular weight is 298 g/mol.